The van der Waals surface area contributed by atoms with E-state index in [1.165, 1.54) is 49.2 Å². The molecule has 1 aliphatic heterocycles. The predicted octanol–water partition coefficient (Wildman–Crippen LogP) is 4.34. The average Bonchev–Trinajstić information content (AvgIpc) is 2.59. The molecule has 1 saturated heterocycles. The SMILES string of the molecule is Cc1ccccc1CN1CCC(CN(C)Cc2ccccc2)CC1. The lowest BCUT2D eigenvalue weighted by molar-refractivity contribution is 0.147. The van der Waals surface area contributed by atoms with Gasteiger partial charge in [0.15, 0.2) is 0 Å². The molecule has 0 saturated carbocycles. The monoisotopic (exact) mass is 322 g/mol. The Morgan fingerprint density at radius 1 is 0.958 bits per heavy atom. The maximum Gasteiger partial charge on any atom is 0.0236 e. The molecule has 2 aromatic rings. The standard InChI is InChI=1S/C22H30N2/c1-19-8-6-7-11-22(19)18-24-14-12-21(13-15-24)17-23(2)16-20-9-4-3-5-10-20/h3-11,21H,12-18H2,1-2H3. The summed E-state index contributed by atoms with van der Waals surface area (Å²) < 4.78 is 0. The lowest BCUT2D eigenvalue weighted by atomic mass is 9.95. The molecule has 0 unspecified atom stereocenters. The molecule has 1 aliphatic rings. The average molecular weight is 322 g/mol. The van der Waals surface area contributed by atoms with Crippen molar-refractivity contribution < 1.29 is 0 Å². The molecule has 128 valence electrons. The number of aryl methyl sites for hydroxylation is 1. The third-order valence-electron chi connectivity index (χ3n) is 5.23. The third kappa shape index (κ3) is 4.93. The number of benzene rings is 2. The van der Waals surface area contributed by atoms with Crippen molar-refractivity contribution in [2.24, 2.45) is 5.92 Å². The Hall–Kier alpha value is -1.64. The van der Waals surface area contributed by atoms with Gasteiger partial charge in [0.1, 0.15) is 0 Å². The zero-order valence-electron chi connectivity index (χ0n) is 15.1. The van der Waals surface area contributed by atoms with Crippen molar-refractivity contribution in [1.29, 1.82) is 0 Å². The first-order valence-corrected chi connectivity index (χ1v) is 9.20. The summed E-state index contributed by atoms with van der Waals surface area (Å²) in [6, 6.07) is 19.6. The molecule has 0 N–H and O–H groups in total. The number of hydrogen-bond donors (Lipinski definition) is 0. The Labute approximate surface area is 147 Å². The van der Waals surface area contributed by atoms with Crippen LogP contribution in [0.4, 0.5) is 0 Å². The highest BCUT2D eigenvalue weighted by molar-refractivity contribution is 5.25. The number of rotatable bonds is 6. The Morgan fingerprint density at radius 3 is 2.33 bits per heavy atom. The minimum Gasteiger partial charge on any atom is -0.302 e. The number of likely N-dealkylation sites (tertiary alicyclic amines) is 1. The number of nitrogens with zero attached hydrogens (tertiary/aromatic N) is 2. The van der Waals surface area contributed by atoms with Crippen molar-refractivity contribution in [1.82, 2.24) is 9.80 Å². The van der Waals surface area contributed by atoms with Crippen LogP contribution in [0.2, 0.25) is 0 Å². The zero-order valence-corrected chi connectivity index (χ0v) is 15.1. The summed E-state index contributed by atoms with van der Waals surface area (Å²) in [4.78, 5) is 5.10. The van der Waals surface area contributed by atoms with Gasteiger partial charge >= 0.3 is 0 Å². The van der Waals surface area contributed by atoms with Crippen LogP contribution < -0.4 is 0 Å². The maximum atomic E-state index is 2.62. The maximum absolute atomic E-state index is 2.62. The van der Waals surface area contributed by atoms with E-state index in [2.05, 4.69) is 78.4 Å². The van der Waals surface area contributed by atoms with E-state index >= 15 is 0 Å². The first-order chi connectivity index (χ1) is 11.7. The molecular weight excluding hydrogens is 292 g/mol. The van der Waals surface area contributed by atoms with Crippen LogP contribution in [0.5, 0.6) is 0 Å². The van der Waals surface area contributed by atoms with Crippen molar-refractivity contribution >= 4 is 0 Å². The van der Waals surface area contributed by atoms with Gasteiger partial charge in [-0.25, -0.2) is 0 Å². The van der Waals surface area contributed by atoms with E-state index in [-0.39, 0.29) is 0 Å². The highest BCUT2D eigenvalue weighted by Gasteiger charge is 2.20. The molecule has 1 fully saturated rings. The van der Waals surface area contributed by atoms with Crippen molar-refractivity contribution in [3.8, 4) is 0 Å². The molecule has 1 heterocycles. The largest absolute Gasteiger partial charge is 0.302 e. The van der Waals surface area contributed by atoms with Gasteiger partial charge in [0, 0.05) is 19.6 Å². The van der Waals surface area contributed by atoms with Crippen LogP contribution in [0.1, 0.15) is 29.5 Å². The first kappa shape index (κ1) is 17.2. The lowest BCUT2D eigenvalue weighted by Crippen LogP contribution is -2.37. The summed E-state index contributed by atoms with van der Waals surface area (Å²) in [5.41, 5.74) is 4.32. The Kier molecular flexibility index (Phi) is 6.06. The highest BCUT2D eigenvalue weighted by atomic mass is 15.1. The van der Waals surface area contributed by atoms with Gasteiger partial charge < -0.3 is 4.90 Å². The van der Waals surface area contributed by atoms with Crippen LogP contribution in [-0.4, -0.2) is 36.5 Å². The van der Waals surface area contributed by atoms with Crippen molar-refractivity contribution in [3.63, 3.8) is 0 Å². The van der Waals surface area contributed by atoms with Gasteiger partial charge in [0.05, 0.1) is 0 Å². The molecular formula is C22H30N2. The zero-order chi connectivity index (χ0) is 16.8. The van der Waals surface area contributed by atoms with Crippen molar-refractivity contribution in [2.45, 2.75) is 32.9 Å². The molecule has 0 spiro atoms. The van der Waals surface area contributed by atoms with Crippen molar-refractivity contribution in [3.05, 3.63) is 71.3 Å². The van der Waals surface area contributed by atoms with Gasteiger partial charge in [-0.1, -0.05) is 54.6 Å². The van der Waals surface area contributed by atoms with Gasteiger partial charge in [-0.05, 0) is 62.5 Å². The molecule has 0 radical (unpaired) electrons. The van der Waals surface area contributed by atoms with Crippen LogP contribution >= 0.6 is 0 Å². The molecule has 2 heteroatoms. The van der Waals surface area contributed by atoms with Crippen LogP contribution in [-0.2, 0) is 13.1 Å². The molecule has 24 heavy (non-hydrogen) atoms. The minimum atomic E-state index is 0.840. The number of hydrogen-bond acceptors (Lipinski definition) is 2. The van der Waals surface area contributed by atoms with Gasteiger partial charge in [-0.3, -0.25) is 4.90 Å². The van der Waals surface area contributed by atoms with E-state index in [9.17, 15) is 0 Å². The second-order valence-corrected chi connectivity index (χ2v) is 7.33. The molecule has 2 nitrogen and oxygen atoms in total. The molecule has 2 aromatic carbocycles. The molecule has 0 atom stereocenters. The molecule has 0 bridgehead atoms. The number of piperidine rings is 1. The van der Waals surface area contributed by atoms with Crippen LogP contribution in [0, 0.1) is 12.8 Å². The molecule has 0 amide bonds. The fraction of sp³-hybridized carbons (Fsp3) is 0.455. The summed E-state index contributed by atoms with van der Waals surface area (Å²) in [7, 11) is 2.26. The smallest absolute Gasteiger partial charge is 0.0236 e. The van der Waals surface area contributed by atoms with Gasteiger partial charge in [0.2, 0.25) is 0 Å². The Bertz CT molecular complexity index is 615. The van der Waals surface area contributed by atoms with Crippen molar-refractivity contribution in [2.75, 3.05) is 26.7 Å². The van der Waals surface area contributed by atoms with E-state index in [4.69, 9.17) is 0 Å². The van der Waals surface area contributed by atoms with Gasteiger partial charge in [-0.2, -0.15) is 0 Å². The van der Waals surface area contributed by atoms with E-state index in [0.717, 1.165) is 19.0 Å². The molecule has 3 rings (SSSR count). The summed E-state index contributed by atoms with van der Waals surface area (Å²) >= 11 is 0. The Balaban J connectivity index is 1.43. The lowest BCUT2D eigenvalue weighted by Gasteiger charge is -2.34. The molecule has 0 aliphatic carbocycles. The van der Waals surface area contributed by atoms with Crippen LogP contribution in [0.3, 0.4) is 0 Å². The highest BCUT2D eigenvalue weighted by Crippen LogP contribution is 2.21. The summed E-state index contributed by atoms with van der Waals surface area (Å²) in [6.07, 6.45) is 2.65. The summed E-state index contributed by atoms with van der Waals surface area (Å²) in [5.74, 6) is 0.840. The predicted molar refractivity (Wildman–Crippen MR) is 102 cm³/mol. The summed E-state index contributed by atoms with van der Waals surface area (Å²) in [5, 5.41) is 0. The fourth-order valence-electron chi connectivity index (χ4n) is 3.76. The van der Waals surface area contributed by atoms with Crippen LogP contribution in [0.15, 0.2) is 54.6 Å². The van der Waals surface area contributed by atoms with E-state index in [0.29, 0.717) is 0 Å². The molecule has 0 aromatic heterocycles. The van der Waals surface area contributed by atoms with E-state index in [1.807, 2.05) is 0 Å². The topological polar surface area (TPSA) is 6.48 Å². The minimum absolute atomic E-state index is 0.840. The van der Waals surface area contributed by atoms with E-state index in [1.54, 1.807) is 0 Å². The van der Waals surface area contributed by atoms with E-state index < -0.39 is 0 Å². The first-order valence-electron chi connectivity index (χ1n) is 9.20. The van der Waals surface area contributed by atoms with Gasteiger partial charge in [-0.15, -0.1) is 0 Å². The van der Waals surface area contributed by atoms with Gasteiger partial charge in [0.25, 0.3) is 0 Å². The quantitative estimate of drug-likeness (QED) is 0.780. The second kappa shape index (κ2) is 8.46. The third-order valence-corrected chi connectivity index (χ3v) is 5.23. The normalized spacial score (nSPS) is 16.6. The fourth-order valence-corrected chi connectivity index (χ4v) is 3.76. The van der Waals surface area contributed by atoms with Crippen LogP contribution in [0.25, 0.3) is 0 Å². The Morgan fingerprint density at radius 2 is 1.62 bits per heavy atom. The second-order valence-electron chi connectivity index (χ2n) is 7.33. The summed E-state index contributed by atoms with van der Waals surface area (Å²) in [6.45, 7) is 8.08.